The van der Waals surface area contributed by atoms with Gasteiger partial charge in [0.2, 0.25) is 0 Å². The van der Waals surface area contributed by atoms with Gasteiger partial charge in [0.25, 0.3) is 0 Å². The number of hydrogen-bond acceptors (Lipinski definition) is 3. The monoisotopic (exact) mass is 321 g/mol. The lowest BCUT2D eigenvalue weighted by molar-refractivity contribution is -0.138. The molecule has 0 aliphatic rings. The second kappa shape index (κ2) is 7.03. The fourth-order valence-electron chi connectivity index (χ4n) is 1.68. The van der Waals surface area contributed by atoms with Gasteiger partial charge in [-0.1, -0.05) is 13.0 Å². The van der Waals surface area contributed by atoms with Crippen molar-refractivity contribution in [3.8, 4) is 0 Å². The van der Waals surface area contributed by atoms with Crippen molar-refractivity contribution in [3.05, 3.63) is 29.3 Å². The summed E-state index contributed by atoms with van der Waals surface area (Å²) in [7, 11) is 0. The topological polar surface area (TPSA) is 32.3 Å². The molecule has 1 atom stereocenters. The molecule has 0 bridgehead atoms. The van der Waals surface area contributed by atoms with Crippen LogP contribution in [0.25, 0.3) is 0 Å². The van der Waals surface area contributed by atoms with Crippen molar-refractivity contribution in [2.45, 2.75) is 56.1 Å². The second-order valence-corrected chi connectivity index (χ2v) is 7.54. The molecule has 0 aromatic heterocycles. The van der Waals surface area contributed by atoms with Gasteiger partial charge in [0, 0.05) is 22.2 Å². The zero-order valence-electron chi connectivity index (χ0n) is 12.7. The average Bonchev–Trinajstić information content (AvgIpc) is 2.35. The summed E-state index contributed by atoms with van der Waals surface area (Å²) in [6.07, 6.45) is -4.38. The predicted molar refractivity (Wildman–Crippen MR) is 80.4 cm³/mol. The lowest BCUT2D eigenvalue weighted by Gasteiger charge is -2.22. The molecule has 0 aliphatic carbocycles. The molecule has 1 unspecified atom stereocenters. The molecule has 0 aliphatic heterocycles. The van der Waals surface area contributed by atoms with Crippen LogP contribution in [0.1, 0.15) is 38.8 Å². The SMILES string of the molecule is CC(CO)Sc1ccc(CNC(C)(C)C)c(C(F)(F)F)c1. The van der Waals surface area contributed by atoms with Gasteiger partial charge >= 0.3 is 6.18 Å². The third kappa shape index (κ3) is 6.28. The molecule has 0 radical (unpaired) electrons. The minimum absolute atomic E-state index is 0.0701. The quantitative estimate of drug-likeness (QED) is 0.802. The van der Waals surface area contributed by atoms with Crippen molar-refractivity contribution in [3.63, 3.8) is 0 Å². The van der Waals surface area contributed by atoms with Crippen LogP contribution in [0.15, 0.2) is 23.1 Å². The first-order chi connectivity index (χ1) is 9.53. The first kappa shape index (κ1) is 18.3. The van der Waals surface area contributed by atoms with Crippen LogP contribution in [0.5, 0.6) is 0 Å². The van der Waals surface area contributed by atoms with Crippen molar-refractivity contribution in [1.82, 2.24) is 5.32 Å². The number of benzene rings is 1. The first-order valence-corrected chi connectivity index (χ1v) is 7.63. The molecule has 0 saturated heterocycles. The summed E-state index contributed by atoms with van der Waals surface area (Å²) in [4.78, 5) is 0.517. The molecule has 1 rings (SSSR count). The Morgan fingerprint density at radius 3 is 2.33 bits per heavy atom. The van der Waals surface area contributed by atoms with E-state index >= 15 is 0 Å². The zero-order valence-corrected chi connectivity index (χ0v) is 13.5. The lowest BCUT2D eigenvalue weighted by atomic mass is 10.0. The number of thioether (sulfide) groups is 1. The second-order valence-electron chi connectivity index (χ2n) is 6.03. The normalized spacial score (nSPS) is 14.3. The van der Waals surface area contributed by atoms with E-state index in [1.165, 1.54) is 17.8 Å². The molecule has 1 aromatic carbocycles. The molecule has 0 spiro atoms. The Hall–Kier alpha value is -0.720. The Labute approximate surface area is 128 Å². The summed E-state index contributed by atoms with van der Waals surface area (Å²) in [5.74, 6) is 0. The van der Waals surface area contributed by atoms with Crippen LogP contribution in [-0.2, 0) is 12.7 Å². The lowest BCUT2D eigenvalue weighted by Crippen LogP contribution is -2.35. The molecule has 21 heavy (non-hydrogen) atoms. The molecule has 0 heterocycles. The Bertz CT molecular complexity index is 469. The highest BCUT2D eigenvalue weighted by atomic mass is 32.2. The summed E-state index contributed by atoms with van der Waals surface area (Å²) in [6.45, 7) is 7.60. The predicted octanol–water partition coefficient (Wildman–Crippen LogP) is 4.07. The number of aliphatic hydroxyl groups excluding tert-OH is 1. The fourth-order valence-corrected chi connectivity index (χ4v) is 2.55. The van der Waals surface area contributed by atoms with Gasteiger partial charge in [0.1, 0.15) is 0 Å². The summed E-state index contributed by atoms with van der Waals surface area (Å²) >= 11 is 1.24. The molecule has 2 N–H and O–H groups in total. The van der Waals surface area contributed by atoms with Gasteiger partial charge in [-0.2, -0.15) is 13.2 Å². The summed E-state index contributed by atoms with van der Waals surface area (Å²) < 4.78 is 39.5. The zero-order chi connectivity index (χ0) is 16.3. The first-order valence-electron chi connectivity index (χ1n) is 6.75. The van der Waals surface area contributed by atoms with Crippen molar-refractivity contribution < 1.29 is 18.3 Å². The van der Waals surface area contributed by atoms with Crippen molar-refractivity contribution in [1.29, 1.82) is 0 Å². The van der Waals surface area contributed by atoms with E-state index in [0.29, 0.717) is 4.90 Å². The van der Waals surface area contributed by atoms with Gasteiger partial charge in [-0.3, -0.25) is 0 Å². The van der Waals surface area contributed by atoms with Gasteiger partial charge in [0.15, 0.2) is 0 Å². The third-order valence-corrected chi connectivity index (χ3v) is 3.87. The summed E-state index contributed by atoms with van der Waals surface area (Å²) in [5.41, 5.74) is -0.630. The number of aliphatic hydroxyl groups is 1. The molecular formula is C15H22F3NOS. The van der Waals surface area contributed by atoms with Crippen LogP contribution in [0.2, 0.25) is 0 Å². The molecule has 1 aromatic rings. The van der Waals surface area contributed by atoms with E-state index in [0.717, 1.165) is 6.07 Å². The fraction of sp³-hybridized carbons (Fsp3) is 0.600. The Kier molecular flexibility index (Phi) is 6.13. The minimum atomic E-state index is -4.38. The van der Waals surface area contributed by atoms with Crippen molar-refractivity contribution >= 4 is 11.8 Å². The maximum absolute atomic E-state index is 13.2. The third-order valence-electron chi connectivity index (χ3n) is 2.79. The molecule has 2 nitrogen and oxygen atoms in total. The van der Waals surface area contributed by atoms with Crippen LogP contribution < -0.4 is 5.32 Å². The summed E-state index contributed by atoms with van der Waals surface area (Å²) in [5, 5.41) is 11.9. The number of alkyl halides is 3. The smallest absolute Gasteiger partial charge is 0.395 e. The van der Waals surface area contributed by atoms with E-state index in [9.17, 15) is 13.2 Å². The molecule has 0 fully saturated rings. The van der Waals surface area contributed by atoms with E-state index in [1.54, 1.807) is 13.0 Å². The average molecular weight is 321 g/mol. The van der Waals surface area contributed by atoms with Crippen LogP contribution in [-0.4, -0.2) is 22.5 Å². The number of nitrogens with one attached hydrogen (secondary N) is 1. The van der Waals surface area contributed by atoms with Crippen molar-refractivity contribution in [2.75, 3.05) is 6.61 Å². The van der Waals surface area contributed by atoms with Crippen molar-refractivity contribution in [2.24, 2.45) is 0 Å². The number of hydrogen-bond donors (Lipinski definition) is 2. The van der Waals surface area contributed by atoms with Crippen LogP contribution in [0, 0.1) is 0 Å². The number of rotatable bonds is 5. The standard InChI is InChI=1S/C15H22F3NOS/c1-10(9-20)21-12-6-5-11(8-19-14(2,3)4)13(7-12)15(16,17)18/h5-7,10,19-20H,8-9H2,1-4H3. The van der Waals surface area contributed by atoms with E-state index in [2.05, 4.69) is 5.32 Å². The molecule has 120 valence electrons. The maximum Gasteiger partial charge on any atom is 0.416 e. The van der Waals surface area contributed by atoms with Gasteiger partial charge in [-0.25, -0.2) is 0 Å². The van der Waals surface area contributed by atoms with Gasteiger partial charge in [0.05, 0.1) is 12.2 Å². The highest BCUT2D eigenvalue weighted by Crippen LogP contribution is 2.35. The van der Waals surface area contributed by atoms with Crippen LogP contribution in [0.3, 0.4) is 0 Å². The Balaban J connectivity index is 3.03. The molecule has 6 heteroatoms. The summed E-state index contributed by atoms with van der Waals surface area (Å²) in [6, 6.07) is 4.34. The van der Waals surface area contributed by atoms with E-state index in [1.807, 2.05) is 20.8 Å². The van der Waals surface area contributed by atoms with Crippen LogP contribution >= 0.6 is 11.8 Å². The Morgan fingerprint density at radius 1 is 1.24 bits per heavy atom. The van der Waals surface area contributed by atoms with Crippen LogP contribution in [0.4, 0.5) is 13.2 Å². The van der Waals surface area contributed by atoms with Gasteiger partial charge < -0.3 is 10.4 Å². The Morgan fingerprint density at radius 2 is 1.86 bits per heavy atom. The van der Waals surface area contributed by atoms with E-state index in [-0.39, 0.29) is 29.5 Å². The van der Waals surface area contributed by atoms with E-state index in [4.69, 9.17) is 5.11 Å². The van der Waals surface area contributed by atoms with Gasteiger partial charge in [-0.15, -0.1) is 11.8 Å². The number of halogens is 3. The molecular weight excluding hydrogens is 299 g/mol. The van der Waals surface area contributed by atoms with Gasteiger partial charge in [-0.05, 0) is 38.5 Å². The largest absolute Gasteiger partial charge is 0.416 e. The highest BCUT2D eigenvalue weighted by molar-refractivity contribution is 8.00. The molecule has 0 saturated carbocycles. The highest BCUT2D eigenvalue weighted by Gasteiger charge is 2.33. The van der Waals surface area contributed by atoms with E-state index < -0.39 is 11.7 Å². The molecule has 0 amide bonds. The minimum Gasteiger partial charge on any atom is -0.395 e. The maximum atomic E-state index is 13.2.